The van der Waals surface area contributed by atoms with Crippen molar-refractivity contribution in [2.45, 2.75) is 36.8 Å². The zero-order chi connectivity index (χ0) is 13.1. The van der Waals surface area contributed by atoms with Gasteiger partial charge in [-0.15, -0.1) is 0 Å². The smallest absolute Gasteiger partial charge is 0.107 e. The molecule has 0 aliphatic rings. The van der Waals surface area contributed by atoms with Crippen LogP contribution in [0, 0.1) is 13.8 Å². The molecule has 1 heterocycles. The highest BCUT2D eigenvalue weighted by Gasteiger charge is 2.11. The number of pyridine rings is 1. The van der Waals surface area contributed by atoms with Crippen molar-refractivity contribution in [3.05, 3.63) is 53.2 Å². The Hall–Kier alpha value is -1.32. The minimum atomic E-state index is -0.494. The predicted molar refractivity (Wildman–Crippen MR) is 74.9 cm³/mol. The summed E-state index contributed by atoms with van der Waals surface area (Å²) in [5, 5.41) is 10.6. The van der Waals surface area contributed by atoms with E-state index in [4.69, 9.17) is 0 Å². The number of aromatic nitrogens is 1. The maximum absolute atomic E-state index is 9.75. The first-order valence-corrected chi connectivity index (χ1v) is 6.77. The van der Waals surface area contributed by atoms with Gasteiger partial charge in [-0.3, -0.25) is 0 Å². The van der Waals surface area contributed by atoms with Gasteiger partial charge in [0.05, 0.1) is 6.10 Å². The van der Waals surface area contributed by atoms with Crippen LogP contribution in [0.1, 0.15) is 29.7 Å². The zero-order valence-electron chi connectivity index (χ0n) is 10.8. The van der Waals surface area contributed by atoms with Crippen LogP contribution in [-0.4, -0.2) is 10.1 Å². The average Bonchev–Trinajstić information content (AvgIpc) is 2.34. The van der Waals surface area contributed by atoms with Crippen LogP contribution in [0.25, 0.3) is 0 Å². The summed E-state index contributed by atoms with van der Waals surface area (Å²) in [6, 6.07) is 10.1. The topological polar surface area (TPSA) is 33.1 Å². The molecule has 0 aliphatic heterocycles. The van der Waals surface area contributed by atoms with Gasteiger partial charge in [0.15, 0.2) is 0 Å². The van der Waals surface area contributed by atoms with Crippen molar-refractivity contribution in [2.24, 2.45) is 0 Å². The van der Waals surface area contributed by atoms with Crippen molar-refractivity contribution < 1.29 is 5.11 Å². The maximum atomic E-state index is 9.75. The molecule has 0 fully saturated rings. The molecule has 0 spiro atoms. The van der Waals surface area contributed by atoms with Crippen LogP contribution >= 0.6 is 11.8 Å². The molecule has 1 aromatic heterocycles. The molecule has 2 rings (SSSR count). The number of aryl methyl sites for hydroxylation is 2. The van der Waals surface area contributed by atoms with E-state index < -0.39 is 6.10 Å². The van der Waals surface area contributed by atoms with Gasteiger partial charge in [-0.2, -0.15) is 0 Å². The molecule has 18 heavy (non-hydrogen) atoms. The summed E-state index contributed by atoms with van der Waals surface area (Å²) in [7, 11) is 0. The second-order valence-electron chi connectivity index (χ2n) is 4.44. The van der Waals surface area contributed by atoms with Crippen LogP contribution < -0.4 is 0 Å². The standard InChI is InChI=1S/C15H17NOS/c1-10-6-7-11(2)14(9-10)18-15-13(12(3)17)5-4-8-16-15/h4-9,12,17H,1-3H3/t12-/m0/s1. The molecule has 0 amide bonds. The van der Waals surface area contributed by atoms with E-state index in [2.05, 4.69) is 37.0 Å². The Morgan fingerprint density at radius 3 is 2.72 bits per heavy atom. The molecule has 0 saturated carbocycles. The monoisotopic (exact) mass is 259 g/mol. The lowest BCUT2D eigenvalue weighted by Gasteiger charge is -2.11. The molecule has 1 atom stereocenters. The lowest BCUT2D eigenvalue weighted by Crippen LogP contribution is -1.96. The van der Waals surface area contributed by atoms with Crippen LogP contribution in [0.4, 0.5) is 0 Å². The van der Waals surface area contributed by atoms with Gasteiger partial charge in [-0.1, -0.05) is 30.0 Å². The van der Waals surface area contributed by atoms with Gasteiger partial charge in [-0.05, 0) is 44.0 Å². The van der Waals surface area contributed by atoms with Crippen molar-refractivity contribution in [1.29, 1.82) is 0 Å². The quantitative estimate of drug-likeness (QED) is 0.907. The Morgan fingerprint density at radius 2 is 2.00 bits per heavy atom. The number of aliphatic hydroxyl groups excluding tert-OH is 1. The zero-order valence-corrected chi connectivity index (χ0v) is 11.7. The molecular formula is C15H17NOS. The summed E-state index contributed by atoms with van der Waals surface area (Å²) in [6.45, 7) is 5.94. The summed E-state index contributed by atoms with van der Waals surface area (Å²) in [4.78, 5) is 5.56. The number of rotatable bonds is 3. The van der Waals surface area contributed by atoms with Crippen molar-refractivity contribution in [3.63, 3.8) is 0 Å². The van der Waals surface area contributed by atoms with Crippen LogP contribution in [-0.2, 0) is 0 Å². The summed E-state index contributed by atoms with van der Waals surface area (Å²) < 4.78 is 0. The molecular weight excluding hydrogens is 242 g/mol. The maximum Gasteiger partial charge on any atom is 0.107 e. The summed E-state index contributed by atoms with van der Waals surface area (Å²) in [6.07, 6.45) is 1.27. The van der Waals surface area contributed by atoms with E-state index in [0.717, 1.165) is 10.6 Å². The van der Waals surface area contributed by atoms with Crippen molar-refractivity contribution in [3.8, 4) is 0 Å². The highest BCUT2D eigenvalue weighted by Crippen LogP contribution is 2.33. The first kappa shape index (κ1) is 13.1. The van der Waals surface area contributed by atoms with Crippen molar-refractivity contribution >= 4 is 11.8 Å². The number of nitrogens with zero attached hydrogens (tertiary/aromatic N) is 1. The Kier molecular flexibility index (Phi) is 4.04. The lowest BCUT2D eigenvalue weighted by atomic mass is 10.2. The Bertz CT molecular complexity index is 552. The second-order valence-corrected chi connectivity index (χ2v) is 5.48. The minimum Gasteiger partial charge on any atom is -0.389 e. The molecule has 0 unspecified atom stereocenters. The molecule has 0 radical (unpaired) electrons. The van der Waals surface area contributed by atoms with E-state index in [1.807, 2.05) is 12.1 Å². The number of hydrogen-bond acceptors (Lipinski definition) is 3. The first-order valence-electron chi connectivity index (χ1n) is 5.96. The van der Waals surface area contributed by atoms with Gasteiger partial charge >= 0.3 is 0 Å². The highest BCUT2D eigenvalue weighted by atomic mass is 32.2. The summed E-state index contributed by atoms with van der Waals surface area (Å²) in [5.74, 6) is 0. The Balaban J connectivity index is 2.37. The summed E-state index contributed by atoms with van der Waals surface area (Å²) in [5.41, 5.74) is 3.34. The Labute approximate surface area is 112 Å². The SMILES string of the molecule is Cc1ccc(C)c(Sc2ncccc2[C@H](C)O)c1. The molecule has 1 aromatic carbocycles. The average molecular weight is 259 g/mol. The molecule has 0 aliphatic carbocycles. The van der Waals surface area contributed by atoms with E-state index in [-0.39, 0.29) is 0 Å². The van der Waals surface area contributed by atoms with Crippen LogP contribution in [0.3, 0.4) is 0 Å². The second kappa shape index (κ2) is 5.55. The lowest BCUT2D eigenvalue weighted by molar-refractivity contribution is 0.195. The Morgan fingerprint density at radius 1 is 1.22 bits per heavy atom. The molecule has 94 valence electrons. The number of benzene rings is 1. The third-order valence-electron chi connectivity index (χ3n) is 2.80. The van der Waals surface area contributed by atoms with Crippen LogP contribution in [0.15, 0.2) is 46.5 Å². The summed E-state index contributed by atoms with van der Waals surface area (Å²) >= 11 is 1.61. The van der Waals surface area contributed by atoms with E-state index in [1.165, 1.54) is 16.0 Å². The predicted octanol–water partition coefficient (Wildman–Crippen LogP) is 3.90. The molecule has 2 aromatic rings. The van der Waals surface area contributed by atoms with Crippen molar-refractivity contribution in [2.75, 3.05) is 0 Å². The molecule has 0 saturated heterocycles. The van der Waals surface area contributed by atoms with Gasteiger partial charge in [-0.25, -0.2) is 4.98 Å². The number of aliphatic hydroxyl groups is 1. The van der Waals surface area contributed by atoms with Gasteiger partial charge < -0.3 is 5.11 Å². The van der Waals surface area contributed by atoms with Crippen molar-refractivity contribution in [1.82, 2.24) is 4.98 Å². The van der Waals surface area contributed by atoms with Crippen LogP contribution in [0.5, 0.6) is 0 Å². The van der Waals surface area contributed by atoms with Gasteiger partial charge in [0.2, 0.25) is 0 Å². The third-order valence-corrected chi connectivity index (χ3v) is 4.00. The first-order chi connectivity index (χ1) is 8.58. The minimum absolute atomic E-state index is 0.494. The molecule has 0 bridgehead atoms. The van der Waals surface area contributed by atoms with Gasteiger partial charge in [0.25, 0.3) is 0 Å². The van der Waals surface area contributed by atoms with E-state index in [1.54, 1.807) is 24.9 Å². The molecule has 1 N–H and O–H groups in total. The normalized spacial score (nSPS) is 12.4. The van der Waals surface area contributed by atoms with Crippen LogP contribution in [0.2, 0.25) is 0 Å². The fourth-order valence-corrected chi connectivity index (χ4v) is 2.88. The fraction of sp³-hybridized carbons (Fsp3) is 0.267. The van der Waals surface area contributed by atoms with E-state index in [9.17, 15) is 5.11 Å². The van der Waals surface area contributed by atoms with Gasteiger partial charge in [0, 0.05) is 16.7 Å². The highest BCUT2D eigenvalue weighted by molar-refractivity contribution is 7.99. The largest absolute Gasteiger partial charge is 0.389 e. The number of hydrogen-bond donors (Lipinski definition) is 1. The third kappa shape index (κ3) is 2.92. The van der Waals surface area contributed by atoms with E-state index >= 15 is 0 Å². The van der Waals surface area contributed by atoms with E-state index in [0.29, 0.717) is 0 Å². The molecule has 2 nitrogen and oxygen atoms in total. The fourth-order valence-electron chi connectivity index (χ4n) is 1.73. The molecule has 3 heteroatoms. The van der Waals surface area contributed by atoms with Gasteiger partial charge in [0.1, 0.15) is 5.03 Å².